The van der Waals surface area contributed by atoms with Gasteiger partial charge in [-0.15, -0.1) is 0 Å². The van der Waals surface area contributed by atoms with E-state index in [0.29, 0.717) is 18.6 Å². The zero-order chi connectivity index (χ0) is 7.31. The van der Waals surface area contributed by atoms with Gasteiger partial charge in [0.1, 0.15) is 0 Å². The summed E-state index contributed by atoms with van der Waals surface area (Å²) >= 11 is 0. The molecule has 0 aromatic heterocycles. The second-order valence-electron chi connectivity index (χ2n) is 3.75. The number of ether oxygens (including phenoxy) is 1. The molecule has 1 saturated heterocycles. The predicted molar refractivity (Wildman–Crippen MR) is 36.3 cm³/mol. The average molecular weight is 156 g/mol. The zero-order valence-electron chi connectivity index (χ0n) is 6.41. The number of hydrogen-bond donors (Lipinski definition) is 0. The van der Waals surface area contributed by atoms with E-state index in [-0.39, 0.29) is 5.79 Å². The molecule has 2 unspecified atom stereocenters. The van der Waals surface area contributed by atoms with Gasteiger partial charge in [-0.05, 0) is 19.3 Å². The fourth-order valence-corrected chi connectivity index (χ4v) is 2.72. The van der Waals surface area contributed by atoms with Gasteiger partial charge in [0.15, 0.2) is 6.79 Å². The molecule has 0 N–H and O–H groups in total. The number of hydrogen-bond acceptors (Lipinski definition) is 3. The minimum absolute atomic E-state index is 0.293. The monoisotopic (exact) mass is 156 g/mol. The van der Waals surface area contributed by atoms with Crippen LogP contribution in [0.3, 0.4) is 0 Å². The van der Waals surface area contributed by atoms with Gasteiger partial charge < -0.3 is 4.74 Å². The highest BCUT2D eigenvalue weighted by Crippen LogP contribution is 2.57. The summed E-state index contributed by atoms with van der Waals surface area (Å²) in [7, 11) is 0. The third kappa shape index (κ3) is 0.643. The highest BCUT2D eigenvalue weighted by Gasteiger charge is 2.62. The Bertz CT molecular complexity index is 158. The van der Waals surface area contributed by atoms with Crippen LogP contribution in [0.4, 0.5) is 0 Å². The quantitative estimate of drug-likeness (QED) is 0.497. The van der Waals surface area contributed by atoms with Crippen LogP contribution in [0.1, 0.15) is 25.7 Å². The first kappa shape index (κ1) is 6.40. The molecule has 0 radical (unpaired) electrons. The molecule has 0 aromatic rings. The Morgan fingerprint density at radius 2 is 2.00 bits per heavy atom. The van der Waals surface area contributed by atoms with Gasteiger partial charge in [-0.1, -0.05) is 6.42 Å². The summed E-state index contributed by atoms with van der Waals surface area (Å²) in [6.45, 7) is 0.326. The summed E-state index contributed by atoms with van der Waals surface area (Å²) in [5, 5.41) is 0. The van der Waals surface area contributed by atoms with Crippen molar-refractivity contribution in [1.29, 1.82) is 0 Å². The Kier molecular flexibility index (Phi) is 1.15. The van der Waals surface area contributed by atoms with Crippen LogP contribution < -0.4 is 0 Å². The molecule has 4 fully saturated rings. The van der Waals surface area contributed by atoms with Crippen LogP contribution in [0.25, 0.3) is 0 Å². The average Bonchev–Trinajstić information content (AvgIpc) is 2.56. The first-order valence-corrected chi connectivity index (χ1v) is 4.36. The topological polar surface area (TPSA) is 27.7 Å². The Morgan fingerprint density at radius 1 is 1.18 bits per heavy atom. The van der Waals surface area contributed by atoms with Gasteiger partial charge in [-0.3, -0.25) is 0 Å². The van der Waals surface area contributed by atoms with Gasteiger partial charge in [-0.25, -0.2) is 4.89 Å². The molecule has 3 nitrogen and oxygen atoms in total. The summed E-state index contributed by atoms with van der Waals surface area (Å²) < 4.78 is 5.50. The van der Waals surface area contributed by atoms with Gasteiger partial charge in [0, 0.05) is 11.8 Å². The maximum absolute atomic E-state index is 5.50. The molecule has 4 rings (SSSR count). The second-order valence-corrected chi connectivity index (χ2v) is 3.75. The lowest BCUT2D eigenvalue weighted by Crippen LogP contribution is -2.58. The first-order chi connectivity index (χ1) is 5.42. The third-order valence-electron chi connectivity index (χ3n) is 3.33. The molecule has 1 aliphatic heterocycles. The van der Waals surface area contributed by atoms with Crippen molar-refractivity contribution in [2.45, 2.75) is 31.5 Å². The van der Waals surface area contributed by atoms with Gasteiger partial charge in [0.25, 0.3) is 0 Å². The standard InChI is InChI=1S/C8H12O3/c1-2-6-4-7(3-1)8(6)9-5-10-11-8/h6-7H,1-5H2. The highest BCUT2D eigenvalue weighted by atomic mass is 17.3. The van der Waals surface area contributed by atoms with Crippen LogP contribution in [0.5, 0.6) is 0 Å². The lowest BCUT2D eigenvalue weighted by molar-refractivity contribution is -0.394. The maximum atomic E-state index is 5.50. The van der Waals surface area contributed by atoms with Gasteiger partial charge in [0.2, 0.25) is 5.79 Å². The molecule has 0 amide bonds. The van der Waals surface area contributed by atoms with Crippen LogP contribution in [-0.2, 0) is 14.5 Å². The van der Waals surface area contributed by atoms with E-state index in [1.807, 2.05) is 0 Å². The van der Waals surface area contributed by atoms with E-state index in [1.54, 1.807) is 0 Å². The van der Waals surface area contributed by atoms with Crippen LogP contribution in [0.2, 0.25) is 0 Å². The maximum Gasteiger partial charge on any atom is 0.209 e. The summed E-state index contributed by atoms with van der Waals surface area (Å²) in [5.41, 5.74) is 0. The molecular formula is C8H12O3. The molecule has 1 spiro atoms. The molecule has 3 heteroatoms. The fourth-order valence-electron chi connectivity index (χ4n) is 2.72. The van der Waals surface area contributed by atoms with E-state index >= 15 is 0 Å². The molecule has 11 heavy (non-hydrogen) atoms. The lowest BCUT2D eigenvalue weighted by atomic mass is 9.60. The molecular weight excluding hydrogens is 144 g/mol. The minimum Gasteiger partial charge on any atom is -0.317 e. The predicted octanol–water partition coefficient (Wildman–Crippen LogP) is 1.44. The number of fused-ring (bicyclic) bond motifs is 2. The van der Waals surface area contributed by atoms with Gasteiger partial charge >= 0.3 is 0 Å². The van der Waals surface area contributed by atoms with Crippen molar-refractivity contribution in [3.63, 3.8) is 0 Å². The Balaban J connectivity index is 1.86. The van der Waals surface area contributed by atoms with E-state index in [0.717, 1.165) is 0 Å². The van der Waals surface area contributed by atoms with Crippen LogP contribution in [0, 0.1) is 11.8 Å². The van der Waals surface area contributed by atoms with Crippen molar-refractivity contribution < 1.29 is 14.5 Å². The fraction of sp³-hybridized carbons (Fsp3) is 1.00. The van der Waals surface area contributed by atoms with Crippen molar-refractivity contribution in [1.82, 2.24) is 0 Å². The third-order valence-corrected chi connectivity index (χ3v) is 3.33. The largest absolute Gasteiger partial charge is 0.317 e. The molecule has 62 valence electrons. The zero-order valence-corrected chi connectivity index (χ0v) is 6.41. The SMILES string of the molecule is C1CC2CC(C1)C21OCOO1. The van der Waals surface area contributed by atoms with Crippen molar-refractivity contribution >= 4 is 0 Å². The minimum atomic E-state index is -0.293. The van der Waals surface area contributed by atoms with E-state index in [2.05, 4.69) is 0 Å². The normalized spacial score (nSPS) is 54.5. The molecule has 3 aliphatic carbocycles. The Hall–Kier alpha value is -0.120. The van der Waals surface area contributed by atoms with E-state index in [4.69, 9.17) is 14.5 Å². The highest BCUT2D eigenvalue weighted by molar-refractivity contribution is 5.01. The molecule has 3 saturated carbocycles. The number of rotatable bonds is 0. The lowest BCUT2D eigenvalue weighted by Gasteiger charge is -2.53. The second kappa shape index (κ2) is 1.97. The Morgan fingerprint density at radius 3 is 2.55 bits per heavy atom. The summed E-state index contributed by atoms with van der Waals surface area (Å²) in [5.74, 6) is 0.936. The van der Waals surface area contributed by atoms with Crippen LogP contribution >= 0.6 is 0 Å². The van der Waals surface area contributed by atoms with Crippen molar-refractivity contribution in [3.8, 4) is 0 Å². The molecule has 1 heterocycles. The van der Waals surface area contributed by atoms with E-state index < -0.39 is 0 Å². The van der Waals surface area contributed by atoms with Crippen LogP contribution in [0.15, 0.2) is 0 Å². The van der Waals surface area contributed by atoms with E-state index in [1.165, 1.54) is 25.7 Å². The summed E-state index contributed by atoms with van der Waals surface area (Å²) in [4.78, 5) is 10.0. The summed E-state index contributed by atoms with van der Waals surface area (Å²) in [6.07, 6.45) is 5.12. The molecule has 2 bridgehead atoms. The molecule has 4 aliphatic rings. The van der Waals surface area contributed by atoms with Crippen LogP contribution in [-0.4, -0.2) is 12.6 Å². The van der Waals surface area contributed by atoms with Crippen molar-refractivity contribution in [3.05, 3.63) is 0 Å². The van der Waals surface area contributed by atoms with Gasteiger partial charge in [-0.2, -0.15) is 4.89 Å². The van der Waals surface area contributed by atoms with Crippen molar-refractivity contribution in [2.24, 2.45) is 11.8 Å². The smallest absolute Gasteiger partial charge is 0.209 e. The Labute approximate surface area is 65.5 Å². The van der Waals surface area contributed by atoms with E-state index in [9.17, 15) is 0 Å². The first-order valence-electron chi connectivity index (χ1n) is 4.36. The molecule has 2 atom stereocenters. The van der Waals surface area contributed by atoms with Gasteiger partial charge in [0.05, 0.1) is 0 Å². The summed E-state index contributed by atoms with van der Waals surface area (Å²) in [6, 6.07) is 0. The van der Waals surface area contributed by atoms with Crippen molar-refractivity contribution in [2.75, 3.05) is 6.79 Å². The molecule has 0 aromatic carbocycles.